The van der Waals surface area contributed by atoms with Gasteiger partial charge in [-0.1, -0.05) is 66.7 Å². The molecule has 3 nitrogen and oxygen atoms in total. The second kappa shape index (κ2) is 8.85. The van der Waals surface area contributed by atoms with E-state index < -0.39 is 0 Å². The first-order chi connectivity index (χ1) is 11.9. The van der Waals surface area contributed by atoms with Crippen LogP contribution in [0.25, 0.3) is 0 Å². The molecular formula is C21H22N2O. The molecule has 0 spiro atoms. The first-order valence-electron chi connectivity index (χ1n) is 8.24. The van der Waals surface area contributed by atoms with Gasteiger partial charge in [0.2, 0.25) is 5.88 Å². The molecule has 0 N–H and O–H groups in total. The van der Waals surface area contributed by atoms with Crippen LogP contribution in [-0.2, 0) is 13.1 Å². The average molecular weight is 318 g/mol. The maximum absolute atomic E-state index is 5.76. The molecule has 0 bridgehead atoms. The fraction of sp³-hybridized carbons (Fsp3) is 0.190. The molecule has 1 aromatic heterocycles. The minimum absolute atomic E-state index is 0.622. The molecule has 3 aromatic rings. The van der Waals surface area contributed by atoms with Gasteiger partial charge in [0.15, 0.2) is 0 Å². The van der Waals surface area contributed by atoms with Crippen LogP contribution in [-0.4, -0.2) is 23.0 Å². The molecule has 0 saturated heterocycles. The molecule has 0 amide bonds. The van der Waals surface area contributed by atoms with E-state index in [1.807, 2.05) is 18.2 Å². The Labute approximate surface area is 143 Å². The van der Waals surface area contributed by atoms with E-state index in [0.29, 0.717) is 12.5 Å². The van der Waals surface area contributed by atoms with E-state index in [1.54, 1.807) is 6.20 Å². The molecule has 0 saturated carbocycles. The summed E-state index contributed by atoms with van der Waals surface area (Å²) >= 11 is 0. The maximum Gasteiger partial charge on any atom is 0.213 e. The quantitative estimate of drug-likeness (QED) is 0.623. The summed E-state index contributed by atoms with van der Waals surface area (Å²) < 4.78 is 5.76. The summed E-state index contributed by atoms with van der Waals surface area (Å²) in [6, 6.07) is 26.8. The molecule has 3 heteroatoms. The van der Waals surface area contributed by atoms with E-state index in [1.165, 1.54) is 11.1 Å². The lowest BCUT2D eigenvalue weighted by atomic mass is 10.1. The van der Waals surface area contributed by atoms with Gasteiger partial charge in [-0.2, -0.15) is 0 Å². The topological polar surface area (TPSA) is 25.4 Å². The van der Waals surface area contributed by atoms with Crippen molar-refractivity contribution in [1.82, 2.24) is 9.88 Å². The summed E-state index contributed by atoms with van der Waals surface area (Å²) in [6.07, 6.45) is 1.75. The largest absolute Gasteiger partial charge is 0.476 e. The molecule has 2 aromatic carbocycles. The molecule has 0 aliphatic rings. The van der Waals surface area contributed by atoms with Gasteiger partial charge < -0.3 is 4.74 Å². The van der Waals surface area contributed by atoms with Crippen LogP contribution in [0.4, 0.5) is 0 Å². The molecule has 3 rings (SSSR count). The fourth-order valence-electron chi connectivity index (χ4n) is 2.61. The zero-order chi connectivity index (χ0) is 16.5. The van der Waals surface area contributed by atoms with Crippen LogP contribution in [0.15, 0.2) is 85.1 Å². The minimum Gasteiger partial charge on any atom is -0.476 e. The Hall–Kier alpha value is -2.65. The van der Waals surface area contributed by atoms with Gasteiger partial charge in [0.25, 0.3) is 0 Å². The van der Waals surface area contributed by atoms with Crippen molar-refractivity contribution in [2.45, 2.75) is 13.1 Å². The van der Waals surface area contributed by atoms with Crippen molar-refractivity contribution >= 4 is 0 Å². The van der Waals surface area contributed by atoms with E-state index in [9.17, 15) is 0 Å². The lowest BCUT2D eigenvalue weighted by molar-refractivity contribution is 0.193. The normalized spacial score (nSPS) is 10.7. The predicted molar refractivity (Wildman–Crippen MR) is 96.7 cm³/mol. The van der Waals surface area contributed by atoms with Gasteiger partial charge >= 0.3 is 0 Å². The van der Waals surface area contributed by atoms with Gasteiger partial charge in [-0.05, 0) is 17.2 Å². The van der Waals surface area contributed by atoms with Gasteiger partial charge in [-0.25, -0.2) is 4.98 Å². The van der Waals surface area contributed by atoms with E-state index in [2.05, 4.69) is 70.5 Å². The zero-order valence-corrected chi connectivity index (χ0v) is 13.7. The number of hydrogen-bond acceptors (Lipinski definition) is 3. The van der Waals surface area contributed by atoms with Crippen molar-refractivity contribution in [3.05, 3.63) is 96.2 Å². The van der Waals surface area contributed by atoms with Crippen LogP contribution in [0.5, 0.6) is 5.88 Å². The zero-order valence-electron chi connectivity index (χ0n) is 13.7. The highest BCUT2D eigenvalue weighted by molar-refractivity contribution is 5.17. The lowest BCUT2D eigenvalue weighted by Crippen LogP contribution is -2.27. The molecule has 122 valence electrons. The van der Waals surface area contributed by atoms with Crippen LogP contribution >= 0.6 is 0 Å². The van der Waals surface area contributed by atoms with E-state index in [0.717, 1.165) is 19.6 Å². The van der Waals surface area contributed by atoms with Crippen LogP contribution in [0.3, 0.4) is 0 Å². The monoisotopic (exact) mass is 318 g/mol. The molecule has 1 heterocycles. The summed E-state index contributed by atoms with van der Waals surface area (Å²) in [5.41, 5.74) is 2.62. The number of hydrogen-bond donors (Lipinski definition) is 0. The second-order valence-electron chi connectivity index (χ2n) is 5.70. The number of aromatic nitrogens is 1. The second-order valence-corrected chi connectivity index (χ2v) is 5.70. The van der Waals surface area contributed by atoms with Crippen molar-refractivity contribution in [3.8, 4) is 5.88 Å². The van der Waals surface area contributed by atoms with Crippen LogP contribution < -0.4 is 4.74 Å². The smallest absolute Gasteiger partial charge is 0.213 e. The first kappa shape index (κ1) is 16.2. The summed E-state index contributed by atoms with van der Waals surface area (Å²) in [4.78, 5) is 6.60. The Morgan fingerprint density at radius 2 is 1.29 bits per heavy atom. The molecule has 0 unspecified atom stereocenters. The van der Waals surface area contributed by atoms with E-state index >= 15 is 0 Å². The third kappa shape index (κ3) is 5.21. The standard InChI is InChI=1S/C21H22N2O/c1-3-9-19(10-4-1)17-23(18-20-11-5-2-6-12-20)15-16-24-21-13-7-8-14-22-21/h1-14H,15-18H2. The molecule has 0 aliphatic carbocycles. The highest BCUT2D eigenvalue weighted by atomic mass is 16.5. The Morgan fingerprint density at radius 3 is 1.83 bits per heavy atom. The Bertz CT molecular complexity index is 660. The fourth-order valence-corrected chi connectivity index (χ4v) is 2.61. The molecule has 24 heavy (non-hydrogen) atoms. The number of ether oxygens (including phenoxy) is 1. The van der Waals surface area contributed by atoms with Gasteiger partial charge in [0, 0.05) is 31.9 Å². The van der Waals surface area contributed by atoms with Crippen molar-refractivity contribution in [2.24, 2.45) is 0 Å². The van der Waals surface area contributed by atoms with Gasteiger partial charge in [-0.3, -0.25) is 4.90 Å². The summed E-state index contributed by atoms with van der Waals surface area (Å²) in [5, 5.41) is 0. The highest BCUT2D eigenvalue weighted by Crippen LogP contribution is 2.10. The molecule has 0 radical (unpaired) electrons. The van der Waals surface area contributed by atoms with Crippen LogP contribution in [0.1, 0.15) is 11.1 Å². The number of rotatable bonds is 8. The van der Waals surface area contributed by atoms with Crippen molar-refractivity contribution < 1.29 is 4.74 Å². The molecule has 0 fully saturated rings. The highest BCUT2D eigenvalue weighted by Gasteiger charge is 2.08. The maximum atomic E-state index is 5.76. The molecule has 0 atom stereocenters. The van der Waals surface area contributed by atoms with E-state index in [4.69, 9.17) is 4.74 Å². The van der Waals surface area contributed by atoms with Gasteiger partial charge in [-0.15, -0.1) is 0 Å². The molecule has 0 aliphatic heterocycles. The predicted octanol–water partition coefficient (Wildman–Crippen LogP) is 4.16. The van der Waals surface area contributed by atoms with Crippen LogP contribution in [0, 0.1) is 0 Å². The van der Waals surface area contributed by atoms with Gasteiger partial charge in [0.1, 0.15) is 6.61 Å². The van der Waals surface area contributed by atoms with Crippen molar-refractivity contribution in [2.75, 3.05) is 13.2 Å². The van der Waals surface area contributed by atoms with Gasteiger partial charge in [0.05, 0.1) is 0 Å². The van der Waals surface area contributed by atoms with E-state index in [-0.39, 0.29) is 0 Å². The summed E-state index contributed by atoms with van der Waals surface area (Å²) in [6.45, 7) is 3.28. The van der Waals surface area contributed by atoms with Crippen molar-refractivity contribution in [3.63, 3.8) is 0 Å². The van der Waals surface area contributed by atoms with Crippen molar-refractivity contribution in [1.29, 1.82) is 0 Å². The third-order valence-electron chi connectivity index (χ3n) is 3.79. The Balaban J connectivity index is 1.60. The Kier molecular flexibility index (Phi) is 5.98. The molecular weight excluding hydrogens is 296 g/mol. The Morgan fingerprint density at radius 1 is 0.708 bits per heavy atom. The first-order valence-corrected chi connectivity index (χ1v) is 8.24. The minimum atomic E-state index is 0.622. The number of nitrogens with zero attached hydrogens (tertiary/aromatic N) is 2. The average Bonchev–Trinajstić information content (AvgIpc) is 2.64. The summed E-state index contributed by atoms with van der Waals surface area (Å²) in [5.74, 6) is 0.678. The third-order valence-corrected chi connectivity index (χ3v) is 3.79. The SMILES string of the molecule is c1ccc(CN(CCOc2ccccn2)Cc2ccccc2)cc1. The van der Waals surface area contributed by atoms with Crippen LogP contribution in [0.2, 0.25) is 0 Å². The lowest BCUT2D eigenvalue weighted by Gasteiger charge is -2.22. The summed E-state index contributed by atoms with van der Waals surface area (Å²) in [7, 11) is 0. The number of pyridine rings is 1. The number of benzene rings is 2.